The third-order valence-electron chi connectivity index (χ3n) is 4.95. The van der Waals surface area contributed by atoms with Crippen molar-refractivity contribution in [3.63, 3.8) is 0 Å². The van der Waals surface area contributed by atoms with E-state index in [2.05, 4.69) is 17.0 Å². The second kappa shape index (κ2) is 9.24. The third-order valence-corrected chi connectivity index (χ3v) is 6.11. The lowest BCUT2D eigenvalue weighted by atomic mass is 10.0. The molecule has 0 aliphatic carbocycles. The van der Waals surface area contributed by atoms with Gasteiger partial charge in [0.25, 0.3) is 0 Å². The van der Waals surface area contributed by atoms with Crippen molar-refractivity contribution in [1.82, 2.24) is 0 Å². The van der Waals surface area contributed by atoms with Crippen LogP contribution in [0.15, 0.2) is 65.5 Å². The largest absolute Gasteiger partial charge is 0.461 e. The van der Waals surface area contributed by atoms with Gasteiger partial charge >= 0.3 is 5.97 Å². The van der Waals surface area contributed by atoms with Crippen LogP contribution >= 0.6 is 11.3 Å². The normalized spacial score (nSPS) is 13.8. The molecular weight excluding hydrogens is 398 g/mol. The van der Waals surface area contributed by atoms with Crippen LogP contribution in [0.1, 0.15) is 12.5 Å². The second-order valence-electron chi connectivity index (χ2n) is 7.15. The Kier molecular flexibility index (Phi) is 6.26. The zero-order chi connectivity index (χ0) is 20.9. The van der Waals surface area contributed by atoms with Gasteiger partial charge < -0.3 is 14.4 Å². The van der Waals surface area contributed by atoms with Gasteiger partial charge in [0.1, 0.15) is 6.61 Å². The van der Waals surface area contributed by atoms with Crippen LogP contribution in [0, 0.1) is 0 Å². The van der Waals surface area contributed by atoms with Crippen molar-refractivity contribution in [2.24, 2.45) is 0 Å². The van der Waals surface area contributed by atoms with E-state index in [1.807, 2.05) is 36.4 Å². The topological polar surface area (TPSA) is 55.8 Å². The number of rotatable bonds is 5. The minimum Gasteiger partial charge on any atom is -0.461 e. The zero-order valence-electron chi connectivity index (χ0n) is 16.8. The number of ether oxygens (including phenoxy) is 2. The van der Waals surface area contributed by atoms with Gasteiger partial charge in [0.15, 0.2) is 5.43 Å². The first-order chi connectivity index (χ1) is 14.6. The molecule has 6 heteroatoms. The summed E-state index contributed by atoms with van der Waals surface area (Å²) in [7, 11) is 0. The van der Waals surface area contributed by atoms with Crippen LogP contribution < -0.4 is 10.3 Å². The van der Waals surface area contributed by atoms with Crippen LogP contribution in [0.4, 0.5) is 5.00 Å². The van der Waals surface area contributed by atoms with E-state index in [4.69, 9.17) is 9.47 Å². The van der Waals surface area contributed by atoms with Gasteiger partial charge in [-0.05, 0) is 28.3 Å². The Bertz CT molecular complexity index is 1080. The molecule has 154 valence electrons. The summed E-state index contributed by atoms with van der Waals surface area (Å²) in [4.78, 5) is 26.5. The van der Waals surface area contributed by atoms with Crippen molar-refractivity contribution in [2.45, 2.75) is 13.5 Å². The number of carbonyl (C=O) groups excluding carboxylic acids is 1. The number of nitrogens with zero attached hydrogens (tertiary/aromatic N) is 1. The van der Waals surface area contributed by atoms with Crippen molar-refractivity contribution in [3.05, 3.63) is 76.5 Å². The molecule has 1 fully saturated rings. The van der Waals surface area contributed by atoms with Gasteiger partial charge in [0.05, 0.1) is 18.2 Å². The maximum atomic E-state index is 12.3. The maximum Gasteiger partial charge on any atom is 0.302 e. The van der Waals surface area contributed by atoms with E-state index in [1.165, 1.54) is 6.92 Å². The van der Waals surface area contributed by atoms with Crippen LogP contribution in [-0.4, -0.2) is 32.3 Å². The molecule has 0 N–H and O–H groups in total. The lowest BCUT2D eigenvalue weighted by Crippen LogP contribution is -2.36. The fraction of sp³-hybridized carbons (Fsp3) is 0.250. The standard InChI is InChI=1S/C24H23NO4S/c1-17(26)29-16-18-3-2-4-21(13-18)19-5-7-20(8-6-19)23-14-22(27)15-24(30-23)25-9-11-28-12-10-25/h2-8,13-15H,9-12,16H2,1H3. The Morgan fingerprint density at radius 1 is 1.00 bits per heavy atom. The van der Waals surface area contributed by atoms with Gasteiger partial charge in [-0.15, -0.1) is 11.3 Å². The SMILES string of the molecule is CC(=O)OCc1cccc(-c2ccc(-c3cc(=O)cc(N4CCOCC4)s3)cc2)c1. The van der Waals surface area contributed by atoms with Gasteiger partial charge in [-0.2, -0.15) is 0 Å². The van der Waals surface area contributed by atoms with Gasteiger partial charge in [-0.3, -0.25) is 9.59 Å². The molecule has 0 radical (unpaired) electrons. The third kappa shape index (κ3) is 4.96. The van der Waals surface area contributed by atoms with Crippen LogP contribution in [0.2, 0.25) is 0 Å². The molecule has 0 saturated carbocycles. The molecule has 0 atom stereocenters. The molecule has 5 nitrogen and oxygen atoms in total. The summed E-state index contributed by atoms with van der Waals surface area (Å²) >= 11 is 1.63. The molecule has 1 aliphatic heterocycles. The summed E-state index contributed by atoms with van der Waals surface area (Å²) in [6.07, 6.45) is 0. The summed E-state index contributed by atoms with van der Waals surface area (Å²) < 4.78 is 10.5. The van der Waals surface area contributed by atoms with Crippen molar-refractivity contribution >= 4 is 22.3 Å². The predicted molar refractivity (Wildman–Crippen MR) is 120 cm³/mol. The first kappa shape index (κ1) is 20.3. The van der Waals surface area contributed by atoms with Gasteiger partial charge in [0.2, 0.25) is 0 Å². The number of anilines is 1. The Morgan fingerprint density at radius 2 is 1.73 bits per heavy atom. The van der Waals surface area contributed by atoms with Crippen molar-refractivity contribution < 1.29 is 14.3 Å². The highest BCUT2D eigenvalue weighted by Crippen LogP contribution is 2.31. The summed E-state index contributed by atoms with van der Waals surface area (Å²) in [5.74, 6) is -0.289. The first-order valence-electron chi connectivity index (χ1n) is 9.89. The first-order valence-corrected chi connectivity index (χ1v) is 10.7. The van der Waals surface area contributed by atoms with E-state index in [9.17, 15) is 9.59 Å². The van der Waals surface area contributed by atoms with Gasteiger partial charge in [-0.1, -0.05) is 42.5 Å². The van der Waals surface area contributed by atoms with E-state index < -0.39 is 0 Å². The van der Waals surface area contributed by atoms with E-state index in [1.54, 1.807) is 23.5 Å². The zero-order valence-corrected chi connectivity index (χ0v) is 17.6. The van der Waals surface area contributed by atoms with Crippen molar-refractivity contribution in [2.75, 3.05) is 31.2 Å². The predicted octanol–water partition coefficient (Wildman–Crippen LogP) is 4.34. The lowest BCUT2D eigenvalue weighted by Gasteiger charge is -2.28. The van der Waals surface area contributed by atoms with E-state index in [0.29, 0.717) is 13.2 Å². The van der Waals surface area contributed by atoms with Crippen LogP contribution in [0.25, 0.3) is 21.6 Å². The monoisotopic (exact) mass is 421 g/mol. The summed E-state index contributed by atoms with van der Waals surface area (Å²) in [6.45, 7) is 4.67. The van der Waals surface area contributed by atoms with Gasteiger partial charge in [0, 0.05) is 37.0 Å². The molecule has 0 unspecified atom stereocenters. The molecule has 30 heavy (non-hydrogen) atoms. The molecule has 2 heterocycles. The van der Waals surface area contributed by atoms with Crippen molar-refractivity contribution in [3.8, 4) is 21.6 Å². The summed E-state index contributed by atoms with van der Waals surface area (Å²) in [6, 6.07) is 19.6. The molecule has 4 rings (SSSR count). The van der Waals surface area contributed by atoms with E-state index in [0.717, 1.165) is 45.2 Å². The molecule has 0 amide bonds. The molecule has 1 aliphatic rings. The minimum atomic E-state index is -0.289. The molecule has 3 aromatic rings. The Balaban J connectivity index is 1.57. The number of esters is 1. The maximum absolute atomic E-state index is 12.3. The molecule has 1 aromatic heterocycles. The highest BCUT2D eigenvalue weighted by molar-refractivity contribution is 7.19. The van der Waals surface area contributed by atoms with Crippen molar-refractivity contribution in [1.29, 1.82) is 0 Å². The number of carbonyl (C=O) groups is 1. The average Bonchev–Trinajstić information content (AvgIpc) is 2.78. The fourth-order valence-corrected chi connectivity index (χ4v) is 4.54. The highest BCUT2D eigenvalue weighted by Gasteiger charge is 2.14. The molecular formula is C24H23NO4S. The Hall–Kier alpha value is -2.96. The molecule has 0 bridgehead atoms. The van der Waals surface area contributed by atoms with Gasteiger partial charge in [-0.25, -0.2) is 0 Å². The van der Waals surface area contributed by atoms with Crippen LogP contribution in [0.3, 0.4) is 0 Å². The number of morpholine rings is 1. The second-order valence-corrected chi connectivity index (χ2v) is 8.22. The Morgan fingerprint density at radius 3 is 2.47 bits per heavy atom. The smallest absolute Gasteiger partial charge is 0.302 e. The molecule has 0 spiro atoms. The molecule has 1 saturated heterocycles. The number of hydrogen-bond acceptors (Lipinski definition) is 6. The minimum absolute atomic E-state index is 0.0208. The lowest BCUT2D eigenvalue weighted by molar-refractivity contribution is -0.142. The highest BCUT2D eigenvalue weighted by atomic mass is 32.1. The van der Waals surface area contributed by atoms with E-state index in [-0.39, 0.29) is 18.0 Å². The quantitative estimate of drug-likeness (QED) is 0.574. The fourth-order valence-electron chi connectivity index (χ4n) is 3.40. The number of benzene rings is 2. The molecule has 2 aromatic carbocycles. The Labute approximate surface area is 179 Å². The van der Waals surface area contributed by atoms with Crippen LogP contribution in [0.5, 0.6) is 0 Å². The van der Waals surface area contributed by atoms with Crippen LogP contribution in [-0.2, 0) is 20.9 Å². The summed E-state index contributed by atoms with van der Waals surface area (Å²) in [5, 5.41) is 0.989. The van der Waals surface area contributed by atoms with E-state index >= 15 is 0 Å². The number of hydrogen-bond donors (Lipinski definition) is 0. The summed E-state index contributed by atoms with van der Waals surface area (Å²) in [5.41, 5.74) is 4.12. The average molecular weight is 422 g/mol.